The van der Waals surface area contributed by atoms with Crippen LogP contribution >= 0.6 is 0 Å². The molecule has 0 aromatic heterocycles. The van der Waals surface area contributed by atoms with Gasteiger partial charge in [-0.2, -0.15) is 0 Å². The smallest absolute Gasteiger partial charge is 0.306 e. The lowest BCUT2D eigenvalue weighted by molar-refractivity contribution is -0.167. The Labute approximate surface area is 505 Å². The molecule has 0 spiro atoms. The third kappa shape index (κ3) is 65.8. The zero-order valence-electron chi connectivity index (χ0n) is 52.9. The van der Waals surface area contributed by atoms with E-state index in [1.807, 2.05) is 0 Å². The molecule has 6 nitrogen and oxygen atoms in total. The Morgan fingerprint density at radius 2 is 0.476 bits per heavy atom. The van der Waals surface area contributed by atoms with Crippen LogP contribution in [0.15, 0.2) is 158 Å². The number of ether oxygens (including phenoxy) is 3. The van der Waals surface area contributed by atoms with Crippen LogP contribution in [-0.2, 0) is 28.6 Å². The maximum atomic E-state index is 12.9. The summed E-state index contributed by atoms with van der Waals surface area (Å²) in [6.07, 6.45) is 99.6. The average Bonchev–Trinajstić information content (AvgIpc) is 3.47. The van der Waals surface area contributed by atoms with E-state index in [-0.39, 0.29) is 31.1 Å². The topological polar surface area (TPSA) is 78.9 Å². The van der Waals surface area contributed by atoms with E-state index in [4.69, 9.17) is 14.2 Å². The first-order valence-electron chi connectivity index (χ1n) is 33.5. The van der Waals surface area contributed by atoms with Crippen LogP contribution in [0.1, 0.15) is 284 Å². The molecule has 0 saturated heterocycles. The molecule has 0 aliphatic heterocycles. The van der Waals surface area contributed by atoms with Gasteiger partial charge in [0.25, 0.3) is 0 Å². The fourth-order valence-electron chi connectivity index (χ4n) is 8.80. The van der Waals surface area contributed by atoms with Crippen molar-refractivity contribution in [3.05, 3.63) is 158 Å². The molecule has 6 heteroatoms. The number of rotatable bonds is 59. The van der Waals surface area contributed by atoms with Crippen LogP contribution in [0.25, 0.3) is 0 Å². The Bertz CT molecular complexity index is 1830. The van der Waals surface area contributed by atoms with Gasteiger partial charge >= 0.3 is 17.9 Å². The van der Waals surface area contributed by atoms with Gasteiger partial charge in [-0.3, -0.25) is 14.4 Å². The molecule has 0 bridgehead atoms. The highest BCUT2D eigenvalue weighted by molar-refractivity contribution is 5.71. The molecule has 0 N–H and O–H groups in total. The second kappa shape index (κ2) is 68.5. The fraction of sp³-hybridized carbons (Fsp3) is 0.618. The number of hydrogen-bond donors (Lipinski definition) is 0. The third-order valence-electron chi connectivity index (χ3n) is 13.7. The maximum absolute atomic E-state index is 12.9. The van der Waals surface area contributed by atoms with E-state index < -0.39 is 6.10 Å². The quantitative estimate of drug-likeness (QED) is 0.0261. The largest absolute Gasteiger partial charge is 0.462 e. The van der Waals surface area contributed by atoms with Crippen molar-refractivity contribution < 1.29 is 28.6 Å². The van der Waals surface area contributed by atoms with E-state index in [2.05, 4.69) is 179 Å². The number of carbonyl (C=O) groups excluding carboxylic acids is 3. The van der Waals surface area contributed by atoms with E-state index >= 15 is 0 Å². The molecule has 0 fully saturated rings. The number of allylic oxidation sites excluding steroid dienone is 26. The van der Waals surface area contributed by atoms with Gasteiger partial charge in [-0.25, -0.2) is 0 Å². The molecule has 0 aliphatic carbocycles. The van der Waals surface area contributed by atoms with Crippen molar-refractivity contribution in [2.45, 2.75) is 290 Å². The Morgan fingerprint density at radius 3 is 0.756 bits per heavy atom. The lowest BCUT2D eigenvalue weighted by Crippen LogP contribution is -2.30. The lowest BCUT2D eigenvalue weighted by atomic mass is 10.1. The van der Waals surface area contributed by atoms with Crippen LogP contribution in [0.5, 0.6) is 0 Å². The Hall–Kier alpha value is -4.97. The van der Waals surface area contributed by atoms with Gasteiger partial charge in [0, 0.05) is 19.3 Å². The van der Waals surface area contributed by atoms with E-state index in [1.165, 1.54) is 70.6 Å². The van der Waals surface area contributed by atoms with Crippen LogP contribution < -0.4 is 0 Å². The maximum Gasteiger partial charge on any atom is 0.306 e. The number of carbonyl (C=O) groups is 3. The van der Waals surface area contributed by atoms with Gasteiger partial charge in [0.2, 0.25) is 0 Å². The summed E-state index contributed by atoms with van der Waals surface area (Å²) in [4.78, 5) is 38.4. The molecule has 0 radical (unpaired) electrons. The minimum absolute atomic E-state index is 0.0991. The van der Waals surface area contributed by atoms with Crippen LogP contribution in [0.2, 0.25) is 0 Å². The molecule has 1 unspecified atom stereocenters. The number of esters is 3. The third-order valence-corrected chi connectivity index (χ3v) is 13.7. The number of hydrogen-bond acceptors (Lipinski definition) is 6. The Kier molecular flexibility index (Phi) is 64.4. The summed E-state index contributed by atoms with van der Waals surface area (Å²) in [6, 6.07) is 0. The van der Waals surface area contributed by atoms with E-state index in [9.17, 15) is 14.4 Å². The van der Waals surface area contributed by atoms with Crippen molar-refractivity contribution in [2.24, 2.45) is 0 Å². The minimum atomic E-state index is -0.806. The predicted octanol–water partition coefficient (Wildman–Crippen LogP) is 23.3. The van der Waals surface area contributed by atoms with Crippen molar-refractivity contribution in [3.8, 4) is 0 Å². The SMILES string of the molecule is CC/C=C\C/C=C\C/C=C\C/C=C\C/C=C\C/C=C\CCCCCCCCC(=O)OCC(COC(=O)CCCCCCC/C=C\CCCCCCC)OC(=O)CCCCCCCC/C=C\C/C=C\C/C=C\C/C=C\C/C=C\C/C=C\CC. The summed E-state index contributed by atoms with van der Waals surface area (Å²) in [7, 11) is 0. The van der Waals surface area contributed by atoms with E-state index in [0.717, 1.165) is 173 Å². The Morgan fingerprint density at radius 1 is 0.256 bits per heavy atom. The minimum Gasteiger partial charge on any atom is -0.462 e. The molecule has 0 amide bonds. The first kappa shape index (κ1) is 77.0. The van der Waals surface area contributed by atoms with Crippen LogP contribution in [0.4, 0.5) is 0 Å². The lowest BCUT2D eigenvalue weighted by Gasteiger charge is -2.18. The normalized spacial score (nSPS) is 13.2. The molecular formula is C76H122O6. The molecule has 0 aromatic rings. The van der Waals surface area contributed by atoms with Crippen molar-refractivity contribution in [2.75, 3.05) is 13.2 Å². The van der Waals surface area contributed by atoms with Gasteiger partial charge < -0.3 is 14.2 Å². The molecule has 0 saturated carbocycles. The van der Waals surface area contributed by atoms with Crippen molar-refractivity contribution >= 4 is 17.9 Å². The first-order valence-corrected chi connectivity index (χ1v) is 33.5. The van der Waals surface area contributed by atoms with Gasteiger partial charge in [0.1, 0.15) is 13.2 Å². The zero-order chi connectivity index (χ0) is 59.2. The van der Waals surface area contributed by atoms with E-state index in [0.29, 0.717) is 19.3 Å². The van der Waals surface area contributed by atoms with E-state index in [1.54, 1.807) is 0 Å². The monoisotopic (exact) mass is 1130 g/mol. The molecule has 462 valence electrons. The van der Waals surface area contributed by atoms with Crippen LogP contribution in [0.3, 0.4) is 0 Å². The van der Waals surface area contributed by atoms with Crippen LogP contribution in [-0.4, -0.2) is 37.2 Å². The van der Waals surface area contributed by atoms with Gasteiger partial charge in [0.15, 0.2) is 6.10 Å². The molecular weight excluding hydrogens is 1010 g/mol. The highest BCUT2D eigenvalue weighted by Gasteiger charge is 2.19. The predicted molar refractivity (Wildman–Crippen MR) is 357 cm³/mol. The second-order valence-electron chi connectivity index (χ2n) is 21.6. The summed E-state index contributed by atoms with van der Waals surface area (Å²) in [5.41, 5.74) is 0. The van der Waals surface area contributed by atoms with Gasteiger partial charge in [0.05, 0.1) is 0 Å². The summed E-state index contributed by atoms with van der Waals surface area (Å²) in [5, 5.41) is 0. The van der Waals surface area contributed by atoms with Crippen molar-refractivity contribution in [3.63, 3.8) is 0 Å². The molecule has 0 aliphatic rings. The standard InChI is InChI=1S/C76H122O6/c1-4-7-10-13-16-19-22-25-28-30-32-34-36-38-40-42-44-46-48-51-54-57-60-63-66-69-75(78)81-72-73(71-80-74(77)68-65-62-59-56-53-50-27-24-21-18-15-12-9-6-3)82-76(79)70-67-64-61-58-55-52-49-47-45-43-41-39-37-35-33-31-29-26-23-20-17-14-11-8-5-2/h7-8,10-11,16-17,19-20,24-29,32-35,38-41,44-47,73H,4-6,9,12-15,18,21-23,30-31,36-37,42-43,48-72H2,1-3H3/b10-7-,11-8-,19-16-,20-17-,27-24-,28-25-,29-26-,34-32-,35-33-,40-38-,41-39-,46-44-,47-45-. The summed E-state index contributed by atoms with van der Waals surface area (Å²) in [6.45, 7) is 6.38. The molecule has 0 heterocycles. The highest BCUT2D eigenvalue weighted by atomic mass is 16.6. The summed E-state index contributed by atoms with van der Waals surface area (Å²) < 4.78 is 16.9. The van der Waals surface area contributed by atoms with Gasteiger partial charge in [-0.05, 0) is 148 Å². The van der Waals surface area contributed by atoms with Gasteiger partial charge in [-0.15, -0.1) is 0 Å². The van der Waals surface area contributed by atoms with Crippen LogP contribution in [0, 0.1) is 0 Å². The zero-order valence-corrected chi connectivity index (χ0v) is 52.9. The van der Waals surface area contributed by atoms with Crippen molar-refractivity contribution in [1.82, 2.24) is 0 Å². The molecule has 0 rings (SSSR count). The molecule has 1 atom stereocenters. The number of unbranched alkanes of at least 4 members (excludes halogenated alkanes) is 22. The van der Waals surface area contributed by atoms with Gasteiger partial charge in [-0.1, -0.05) is 275 Å². The fourth-order valence-corrected chi connectivity index (χ4v) is 8.80. The summed E-state index contributed by atoms with van der Waals surface area (Å²) >= 11 is 0. The first-order chi connectivity index (χ1) is 40.5. The average molecular weight is 1130 g/mol. The Balaban J connectivity index is 4.45. The highest BCUT2D eigenvalue weighted by Crippen LogP contribution is 2.14. The second-order valence-corrected chi connectivity index (χ2v) is 21.6. The molecule has 0 aromatic carbocycles. The van der Waals surface area contributed by atoms with Crippen molar-refractivity contribution in [1.29, 1.82) is 0 Å². The molecule has 82 heavy (non-hydrogen) atoms. The summed E-state index contributed by atoms with van der Waals surface area (Å²) in [5.74, 6) is -0.937.